The molecule has 1 fully saturated rings. The lowest BCUT2D eigenvalue weighted by Crippen LogP contribution is -2.34. The fraction of sp³-hybridized carbons (Fsp3) is 0.280. The average Bonchev–Trinajstić information content (AvgIpc) is 3.42. The van der Waals surface area contributed by atoms with Gasteiger partial charge in [0.05, 0.1) is 18.5 Å². The van der Waals surface area contributed by atoms with Crippen molar-refractivity contribution >= 4 is 39.2 Å². The summed E-state index contributed by atoms with van der Waals surface area (Å²) in [5, 5.41) is 13.1. The number of pyridine rings is 1. The molecule has 4 aromatic rings. The third kappa shape index (κ3) is 4.19. The Labute approximate surface area is 195 Å². The van der Waals surface area contributed by atoms with E-state index >= 15 is 0 Å². The van der Waals surface area contributed by atoms with Crippen LogP contribution in [0.4, 0.5) is 5.13 Å². The highest BCUT2D eigenvalue weighted by Gasteiger charge is 2.30. The van der Waals surface area contributed by atoms with Gasteiger partial charge < -0.3 is 5.11 Å². The van der Waals surface area contributed by atoms with E-state index in [1.807, 2.05) is 24.4 Å². The first-order valence-electron chi connectivity index (χ1n) is 11.0. The molecule has 168 valence electrons. The maximum absolute atomic E-state index is 13.5. The zero-order valence-corrected chi connectivity index (χ0v) is 19.1. The standard InChI is InChI=1S/C25H24N4O3S/c1-16-19(13-23(31)28(14-17-5-6-17)25-27-10-11-33-25)20-12-18(15-30)7-8-22(20)29(16)24(32)21-4-2-3-9-26-21/h2-4,7-12,17,30H,5-6,13-15H2,1H3. The van der Waals surface area contributed by atoms with Crippen LogP contribution in [0.1, 0.15) is 40.2 Å². The summed E-state index contributed by atoms with van der Waals surface area (Å²) in [6, 6.07) is 10.7. The lowest BCUT2D eigenvalue weighted by molar-refractivity contribution is -0.118. The highest BCUT2D eigenvalue weighted by Crippen LogP contribution is 2.34. The molecule has 1 amide bonds. The summed E-state index contributed by atoms with van der Waals surface area (Å²) >= 11 is 1.45. The third-order valence-electron chi connectivity index (χ3n) is 6.09. The lowest BCUT2D eigenvalue weighted by atomic mass is 10.0. The molecule has 0 spiro atoms. The summed E-state index contributed by atoms with van der Waals surface area (Å²) in [5.41, 5.74) is 3.25. The summed E-state index contributed by atoms with van der Waals surface area (Å²) in [7, 11) is 0. The number of benzene rings is 1. The molecular formula is C25H24N4O3S. The SMILES string of the molecule is Cc1c(CC(=O)N(CC2CC2)c2nccs2)c2cc(CO)ccc2n1C(=O)c1ccccn1. The number of hydrogen-bond donors (Lipinski definition) is 1. The summed E-state index contributed by atoms with van der Waals surface area (Å²) in [6.45, 7) is 2.41. The molecule has 3 heterocycles. The number of anilines is 1. The number of fused-ring (bicyclic) bond motifs is 1. The van der Waals surface area contributed by atoms with Crippen LogP contribution in [0.5, 0.6) is 0 Å². The molecular weight excluding hydrogens is 436 g/mol. The van der Waals surface area contributed by atoms with E-state index in [-0.39, 0.29) is 24.8 Å². The zero-order valence-electron chi connectivity index (χ0n) is 18.3. The highest BCUT2D eigenvalue weighted by atomic mass is 32.1. The molecule has 0 unspecified atom stereocenters. The minimum absolute atomic E-state index is 0.0429. The first-order chi connectivity index (χ1) is 16.1. The Morgan fingerprint density at radius 2 is 2.03 bits per heavy atom. The highest BCUT2D eigenvalue weighted by molar-refractivity contribution is 7.13. The molecule has 1 aliphatic rings. The number of aromatic nitrogens is 3. The van der Waals surface area contributed by atoms with Gasteiger partial charge in [-0.1, -0.05) is 12.1 Å². The van der Waals surface area contributed by atoms with E-state index in [9.17, 15) is 14.7 Å². The van der Waals surface area contributed by atoms with Crippen molar-refractivity contribution < 1.29 is 14.7 Å². The van der Waals surface area contributed by atoms with Crippen molar-refractivity contribution in [1.82, 2.24) is 14.5 Å². The van der Waals surface area contributed by atoms with E-state index in [2.05, 4.69) is 9.97 Å². The van der Waals surface area contributed by atoms with E-state index in [0.717, 1.165) is 29.4 Å². The number of thiazole rings is 1. The fourth-order valence-corrected chi connectivity index (χ4v) is 4.83. The molecule has 7 nitrogen and oxygen atoms in total. The van der Waals surface area contributed by atoms with Gasteiger partial charge in [-0.25, -0.2) is 4.98 Å². The maximum atomic E-state index is 13.5. The predicted molar refractivity (Wildman–Crippen MR) is 127 cm³/mol. The molecule has 1 aromatic carbocycles. The maximum Gasteiger partial charge on any atom is 0.281 e. The molecule has 3 aromatic heterocycles. The van der Waals surface area contributed by atoms with Crippen molar-refractivity contribution in [3.8, 4) is 0 Å². The van der Waals surface area contributed by atoms with Crippen LogP contribution >= 0.6 is 11.3 Å². The average molecular weight is 461 g/mol. The van der Waals surface area contributed by atoms with Crippen molar-refractivity contribution in [2.24, 2.45) is 5.92 Å². The van der Waals surface area contributed by atoms with Crippen molar-refractivity contribution in [3.05, 3.63) is 76.7 Å². The fourth-order valence-electron chi connectivity index (χ4n) is 4.16. The minimum atomic E-state index is -0.247. The Morgan fingerprint density at radius 1 is 1.18 bits per heavy atom. The lowest BCUT2D eigenvalue weighted by Gasteiger charge is -2.20. The van der Waals surface area contributed by atoms with E-state index in [4.69, 9.17) is 0 Å². The summed E-state index contributed by atoms with van der Waals surface area (Å²) < 4.78 is 1.62. The molecule has 0 bridgehead atoms. The number of amides is 1. The number of rotatable bonds is 7. The molecule has 1 saturated carbocycles. The zero-order chi connectivity index (χ0) is 22.9. The van der Waals surface area contributed by atoms with Gasteiger partial charge in [-0.05, 0) is 61.1 Å². The van der Waals surface area contributed by atoms with Gasteiger partial charge in [-0.3, -0.25) is 24.0 Å². The first-order valence-corrected chi connectivity index (χ1v) is 11.8. The van der Waals surface area contributed by atoms with Gasteiger partial charge in [0.2, 0.25) is 5.91 Å². The Kier molecular flexibility index (Phi) is 5.78. The second-order valence-electron chi connectivity index (χ2n) is 8.37. The molecule has 8 heteroatoms. The number of aliphatic hydroxyl groups is 1. The molecule has 0 aliphatic heterocycles. The summed E-state index contributed by atoms with van der Waals surface area (Å²) in [5.74, 6) is 0.231. The van der Waals surface area contributed by atoms with Gasteiger partial charge in [0.15, 0.2) is 5.13 Å². The number of nitrogens with zero attached hydrogens (tertiary/aromatic N) is 4. The number of carbonyl (C=O) groups is 2. The Morgan fingerprint density at radius 3 is 2.70 bits per heavy atom. The summed E-state index contributed by atoms with van der Waals surface area (Å²) in [4.78, 5) is 37.2. The van der Waals surface area contributed by atoms with Gasteiger partial charge in [-0.15, -0.1) is 11.3 Å². The monoisotopic (exact) mass is 460 g/mol. The van der Waals surface area contributed by atoms with Crippen LogP contribution in [0.2, 0.25) is 0 Å². The molecule has 0 radical (unpaired) electrons. The molecule has 1 N–H and O–H groups in total. The number of carbonyl (C=O) groups excluding carboxylic acids is 2. The van der Waals surface area contributed by atoms with Crippen LogP contribution in [-0.4, -0.2) is 38.0 Å². The molecule has 0 atom stereocenters. The van der Waals surface area contributed by atoms with E-state index in [1.54, 1.807) is 46.1 Å². The van der Waals surface area contributed by atoms with Crippen molar-refractivity contribution in [2.45, 2.75) is 32.8 Å². The van der Waals surface area contributed by atoms with Crippen LogP contribution < -0.4 is 4.90 Å². The van der Waals surface area contributed by atoms with Crippen LogP contribution in [0.15, 0.2) is 54.2 Å². The van der Waals surface area contributed by atoms with Crippen molar-refractivity contribution in [1.29, 1.82) is 0 Å². The van der Waals surface area contributed by atoms with E-state index in [1.165, 1.54) is 11.3 Å². The van der Waals surface area contributed by atoms with Crippen LogP contribution in [0.25, 0.3) is 10.9 Å². The molecule has 0 saturated heterocycles. The van der Waals surface area contributed by atoms with Gasteiger partial charge in [0.1, 0.15) is 5.69 Å². The van der Waals surface area contributed by atoms with Gasteiger partial charge in [0, 0.05) is 35.4 Å². The quantitative estimate of drug-likeness (QED) is 0.451. The largest absolute Gasteiger partial charge is 0.392 e. The summed E-state index contributed by atoms with van der Waals surface area (Å²) in [6.07, 6.45) is 5.71. The third-order valence-corrected chi connectivity index (χ3v) is 6.88. The Bertz CT molecular complexity index is 1310. The predicted octanol–water partition coefficient (Wildman–Crippen LogP) is 3.97. The molecule has 33 heavy (non-hydrogen) atoms. The van der Waals surface area contributed by atoms with Gasteiger partial charge in [0.25, 0.3) is 5.91 Å². The first kappa shape index (κ1) is 21.5. The minimum Gasteiger partial charge on any atom is -0.392 e. The molecule has 1 aliphatic carbocycles. The van der Waals surface area contributed by atoms with Crippen LogP contribution in [0, 0.1) is 12.8 Å². The van der Waals surface area contributed by atoms with Gasteiger partial charge >= 0.3 is 0 Å². The Hall–Kier alpha value is -3.36. The van der Waals surface area contributed by atoms with Crippen molar-refractivity contribution in [3.63, 3.8) is 0 Å². The van der Waals surface area contributed by atoms with Crippen molar-refractivity contribution in [2.75, 3.05) is 11.4 Å². The van der Waals surface area contributed by atoms with Crippen LogP contribution in [0.3, 0.4) is 0 Å². The van der Waals surface area contributed by atoms with E-state index < -0.39 is 0 Å². The second kappa shape index (κ2) is 8.88. The topological polar surface area (TPSA) is 88.3 Å². The van der Waals surface area contributed by atoms with E-state index in [0.29, 0.717) is 34.5 Å². The second-order valence-corrected chi connectivity index (χ2v) is 9.24. The number of hydrogen-bond acceptors (Lipinski definition) is 6. The smallest absolute Gasteiger partial charge is 0.281 e. The molecule has 5 rings (SSSR count). The Balaban J connectivity index is 1.57. The normalized spacial score (nSPS) is 13.4. The number of aliphatic hydroxyl groups excluding tert-OH is 1. The van der Waals surface area contributed by atoms with Crippen LogP contribution in [-0.2, 0) is 17.8 Å². The van der Waals surface area contributed by atoms with Gasteiger partial charge in [-0.2, -0.15) is 0 Å².